The summed E-state index contributed by atoms with van der Waals surface area (Å²) in [5, 5.41) is 13.6. The van der Waals surface area contributed by atoms with Gasteiger partial charge in [0.25, 0.3) is 0 Å². The summed E-state index contributed by atoms with van der Waals surface area (Å²) in [4.78, 5) is 18.5. The van der Waals surface area contributed by atoms with Crippen LogP contribution in [-0.2, 0) is 9.53 Å². The van der Waals surface area contributed by atoms with E-state index in [1.165, 1.54) is 0 Å². The number of aromatic amines is 1. The molecule has 3 heterocycles. The van der Waals surface area contributed by atoms with Gasteiger partial charge in [-0.3, -0.25) is 20.1 Å². The van der Waals surface area contributed by atoms with E-state index >= 15 is 0 Å². The van der Waals surface area contributed by atoms with Gasteiger partial charge in [-0.05, 0) is 12.8 Å². The van der Waals surface area contributed by atoms with Gasteiger partial charge in [-0.25, -0.2) is 4.98 Å². The van der Waals surface area contributed by atoms with E-state index in [4.69, 9.17) is 9.26 Å². The number of carbonyl (C=O) groups excluding carboxylic acids is 1. The van der Waals surface area contributed by atoms with E-state index in [1.54, 1.807) is 6.07 Å². The summed E-state index contributed by atoms with van der Waals surface area (Å²) in [6, 6.07) is 1.75. The minimum absolute atomic E-state index is 0.145. The zero-order valence-corrected chi connectivity index (χ0v) is 14.1. The Bertz CT molecular complexity index is 695. The molecule has 24 heavy (non-hydrogen) atoms. The highest BCUT2D eigenvalue weighted by Crippen LogP contribution is 2.20. The molecule has 1 aliphatic heterocycles. The minimum Gasteiger partial charge on any atom is -0.367 e. The first-order valence-electron chi connectivity index (χ1n) is 8.00. The van der Waals surface area contributed by atoms with Gasteiger partial charge < -0.3 is 9.26 Å². The topological polar surface area (TPSA) is 109 Å². The van der Waals surface area contributed by atoms with Crippen molar-refractivity contribution in [3.8, 4) is 0 Å². The first-order valence-corrected chi connectivity index (χ1v) is 8.00. The Kier molecular flexibility index (Phi) is 4.91. The molecule has 3 rings (SSSR count). The Morgan fingerprint density at radius 3 is 3.04 bits per heavy atom. The zero-order chi connectivity index (χ0) is 17.1. The number of hydrogen-bond donors (Lipinski definition) is 2. The second-order valence-corrected chi connectivity index (χ2v) is 6.19. The van der Waals surface area contributed by atoms with Crippen molar-refractivity contribution in [2.24, 2.45) is 0 Å². The van der Waals surface area contributed by atoms with Crippen LogP contribution in [0.25, 0.3) is 0 Å². The maximum atomic E-state index is 12.2. The highest BCUT2D eigenvalue weighted by molar-refractivity contribution is 5.91. The maximum absolute atomic E-state index is 12.2. The molecule has 0 radical (unpaired) electrons. The van der Waals surface area contributed by atoms with Gasteiger partial charge in [0.2, 0.25) is 11.8 Å². The fourth-order valence-electron chi connectivity index (χ4n) is 2.51. The van der Waals surface area contributed by atoms with Crippen LogP contribution in [0, 0.1) is 6.92 Å². The quantitative estimate of drug-likeness (QED) is 0.846. The average Bonchev–Trinajstić information content (AvgIpc) is 3.16. The van der Waals surface area contributed by atoms with E-state index in [0.29, 0.717) is 31.4 Å². The van der Waals surface area contributed by atoms with Crippen molar-refractivity contribution >= 4 is 11.8 Å². The molecule has 1 aliphatic rings. The molecule has 1 saturated heterocycles. The van der Waals surface area contributed by atoms with Crippen LogP contribution >= 0.6 is 0 Å². The number of nitrogens with zero attached hydrogens (tertiary/aromatic N) is 4. The molecule has 0 bridgehead atoms. The minimum atomic E-state index is -0.227. The van der Waals surface area contributed by atoms with Crippen LogP contribution in [0.2, 0.25) is 0 Å². The third-order valence-electron chi connectivity index (χ3n) is 3.80. The van der Waals surface area contributed by atoms with Gasteiger partial charge in [0.15, 0.2) is 5.82 Å². The number of anilines is 1. The van der Waals surface area contributed by atoms with Crippen LogP contribution in [0.4, 0.5) is 5.88 Å². The lowest BCUT2D eigenvalue weighted by molar-refractivity contribution is -0.119. The number of H-pyrrole nitrogens is 1. The van der Waals surface area contributed by atoms with Gasteiger partial charge in [0, 0.05) is 19.2 Å². The molecular formula is C15H22N6O3. The highest BCUT2D eigenvalue weighted by atomic mass is 16.5. The second-order valence-electron chi connectivity index (χ2n) is 6.19. The lowest BCUT2D eigenvalue weighted by atomic mass is 10.1. The predicted molar refractivity (Wildman–Crippen MR) is 85.5 cm³/mol. The van der Waals surface area contributed by atoms with E-state index in [1.807, 2.05) is 25.7 Å². The number of aromatic nitrogens is 4. The molecule has 2 aromatic heterocycles. The van der Waals surface area contributed by atoms with Gasteiger partial charge in [0.1, 0.15) is 11.9 Å². The SMILES string of the molecule is Cc1nc(C2CN(CC(=O)Nc3cc(C(C)C)no3)CCO2)n[nH]1. The van der Waals surface area contributed by atoms with E-state index in [2.05, 4.69) is 25.7 Å². The Balaban J connectivity index is 1.53. The lowest BCUT2D eigenvalue weighted by Crippen LogP contribution is -2.42. The number of morpholine rings is 1. The van der Waals surface area contributed by atoms with Crippen LogP contribution in [0.15, 0.2) is 10.6 Å². The highest BCUT2D eigenvalue weighted by Gasteiger charge is 2.26. The summed E-state index contributed by atoms with van der Waals surface area (Å²) in [5.74, 6) is 1.85. The van der Waals surface area contributed by atoms with Gasteiger partial charge in [0.05, 0.1) is 18.8 Å². The number of hydrogen-bond acceptors (Lipinski definition) is 7. The number of nitrogens with one attached hydrogen (secondary N) is 2. The fraction of sp³-hybridized carbons (Fsp3) is 0.600. The van der Waals surface area contributed by atoms with Crippen LogP contribution in [0.1, 0.15) is 43.2 Å². The monoisotopic (exact) mass is 334 g/mol. The summed E-state index contributed by atoms with van der Waals surface area (Å²) in [7, 11) is 0. The van der Waals surface area contributed by atoms with E-state index in [9.17, 15) is 4.79 Å². The van der Waals surface area contributed by atoms with Crippen molar-refractivity contribution in [1.82, 2.24) is 25.2 Å². The third-order valence-corrected chi connectivity index (χ3v) is 3.80. The molecule has 9 nitrogen and oxygen atoms in total. The number of amides is 1. The first-order chi connectivity index (χ1) is 11.5. The molecule has 0 saturated carbocycles. The largest absolute Gasteiger partial charge is 0.367 e. The van der Waals surface area contributed by atoms with Gasteiger partial charge in [-0.2, -0.15) is 5.10 Å². The van der Waals surface area contributed by atoms with Crippen molar-refractivity contribution in [2.75, 3.05) is 31.6 Å². The smallest absolute Gasteiger partial charge is 0.240 e. The summed E-state index contributed by atoms with van der Waals surface area (Å²) in [6.07, 6.45) is -0.227. The number of carbonyl (C=O) groups is 1. The summed E-state index contributed by atoms with van der Waals surface area (Å²) >= 11 is 0. The molecule has 0 spiro atoms. The average molecular weight is 334 g/mol. The van der Waals surface area contributed by atoms with Crippen LogP contribution in [0.3, 0.4) is 0 Å². The Morgan fingerprint density at radius 1 is 1.54 bits per heavy atom. The van der Waals surface area contributed by atoms with Gasteiger partial charge >= 0.3 is 0 Å². The molecular weight excluding hydrogens is 312 g/mol. The molecule has 0 aromatic carbocycles. The molecule has 0 aliphatic carbocycles. The van der Waals surface area contributed by atoms with Crippen molar-refractivity contribution < 1.29 is 14.1 Å². The van der Waals surface area contributed by atoms with Crippen molar-refractivity contribution in [3.05, 3.63) is 23.4 Å². The standard InChI is InChI=1S/C15H22N6O3/c1-9(2)11-6-14(24-20-11)17-13(22)8-21-4-5-23-12(7-21)15-16-10(3)18-19-15/h6,9,12H,4-5,7-8H2,1-3H3,(H,17,22)(H,16,18,19). The summed E-state index contributed by atoms with van der Waals surface area (Å²) < 4.78 is 10.8. The molecule has 1 fully saturated rings. The fourth-order valence-corrected chi connectivity index (χ4v) is 2.51. The number of ether oxygens (including phenoxy) is 1. The van der Waals surface area contributed by atoms with Gasteiger partial charge in [-0.1, -0.05) is 19.0 Å². The lowest BCUT2D eigenvalue weighted by Gasteiger charge is -2.30. The van der Waals surface area contributed by atoms with Gasteiger partial charge in [-0.15, -0.1) is 0 Å². The van der Waals surface area contributed by atoms with Crippen LogP contribution in [0.5, 0.6) is 0 Å². The molecule has 9 heteroatoms. The van der Waals surface area contributed by atoms with Crippen LogP contribution in [-0.4, -0.2) is 57.4 Å². The third kappa shape index (κ3) is 3.98. The molecule has 1 unspecified atom stereocenters. The van der Waals surface area contributed by atoms with E-state index in [-0.39, 0.29) is 24.5 Å². The molecule has 2 aromatic rings. The number of aryl methyl sites for hydroxylation is 1. The normalized spacial score (nSPS) is 18.9. The van der Waals surface area contributed by atoms with Crippen molar-refractivity contribution in [3.63, 3.8) is 0 Å². The molecule has 1 amide bonds. The molecule has 2 N–H and O–H groups in total. The van der Waals surface area contributed by atoms with Crippen molar-refractivity contribution in [1.29, 1.82) is 0 Å². The Morgan fingerprint density at radius 2 is 2.38 bits per heavy atom. The van der Waals surface area contributed by atoms with Crippen LogP contribution < -0.4 is 5.32 Å². The maximum Gasteiger partial charge on any atom is 0.240 e. The predicted octanol–water partition coefficient (Wildman–Crippen LogP) is 1.24. The van der Waals surface area contributed by atoms with E-state index in [0.717, 1.165) is 11.5 Å². The summed E-state index contributed by atoms with van der Waals surface area (Å²) in [6.45, 7) is 7.91. The zero-order valence-electron chi connectivity index (χ0n) is 14.1. The second kappa shape index (κ2) is 7.10. The number of rotatable bonds is 5. The van der Waals surface area contributed by atoms with E-state index < -0.39 is 0 Å². The molecule has 130 valence electrons. The molecule has 1 atom stereocenters. The Labute approximate surface area is 139 Å². The summed E-state index contributed by atoms with van der Waals surface area (Å²) in [5.41, 5.74) is 0.816. The van der Waals surface area contributed by atoms with Crippen molar-refractivity contribution in [2.45, 2.75) is 32.8 Å². The Hall–Kier alpha value is -2.26. The first kappa shape index (κ1) is 16.6.